The number of aromatic amines is 1. The summed E-state index contributed by atoms with van der Waals surface area (Å²) in [5.74, 6) is 0.927. The second kappa shape index (κ2) is 5.78. The number of carbonyl (C=O) groups is 1. The van der Waals surface area contributed by atoms with Crippen molar-refractivity contribution in [1.82, 2.24) is 24.6 Å². The van der Waals surface area contributed by atoms with Gasteiger partial charge in [0.2, 0.25) is 0 Å². The van der Waals surface area contributed by atoms with E-state index in [-0.39, 0.29) is 11.9 Å². The molecule has 1 fully saturated rings. The molecule has 6 heteroatoms. The highest BCUT2D eigenvalue weighted by atomic mass is 16.2. The fourth-order valence-electron chi connectivity index (χ4n) is 3.55. The van der Waals surface area contributed by atoms with Crippen molar-refractivity contribution >= 4 is 16.9 Å². The van der Waals surface area contributed by atoms with Crippen molar-refractivity contribution in [2.45, 2.75) is 32.2 Å². The zero-order valence-corrected chi connectivity index (χ0v) is 14.0. The number of hydrogen-bond acceptors (Lipinski definition) is 3. The van der Waals surface area contributed by atoms with Crippen LogP contribution in [0.4, 0.5) is 0 Å². The van der Waals surface area contributed by atoms with Gasteiger partial charge in [0, 0.05) is 19.8 Å². The number of benzene rings is 1. The third kappa shape index (κ3) is 2.48. The molecule has 2 aromatic heterocycles. The number of nitrogens with one attached hydrogen (secondary N) is 1. The van der Waals surface area contributed by atoms with Gasteiger partial charge >= 0.3 is 0 Å². The van der Waals surface area contributed by atoms with E-state index in [9.17, 15) is 4.79 Å². The quantitative estimate of drug-likeness (QED) is 0.788. The second-order valence-corrected chi connectivity index (χ2v) is 6.45. The maximum Gasteiger partial charge on any atom is 0.257 e. The highest BCUT2D eigenvalue weighted by molar-refractivity contribution is 5.95. The van der Waals surface area contributed by atoms with Gasteiger partial charge < -0.3 is 9.88 Å². The molecule has 1 aliphatic heterocycles. The summed E-state index contributed by atoms with van der Waals surface area (Å²) in [6.45, 7) is 2.64. The van der Waals surface area contributed by atoms with E-state index in [0.717, 1.165) is 48.4 Å². The van der Waals surface area contributed by atoms with Crippen LogP contribution in [0.5, 0.6) is 0 Å². The molecule has 1 aromatic carbocycles. The van der Waals surface area contributed by atoms with Gasteiger partial charge in [-0.25, -0.2) is 4.98 Å². The fourth-order valence-corrected chi connectivity index (χ4v) is 3.55. The van der Waals surface area contributed by atoms with Gasteiger partial charge in [0.25, 0.3) is 5.91 Å². The third-order valence-corrected chi connectivity index (χ3v) is 4.73. The molecular weight excluding hydrogens is 302 g/mol. The van der Waals surface area contributed by atoms with Crippen molar-refractivity contribution in [3.05, 3.63) is 47.5 Å². The number of carbonyl (C=O) groups excluding carboxylic acids is 1. The molecule has 0 bridgehead atoms. The number of imidazole rings is 1. The van der Waals surface area contributed by atoms with Gasteiger partial charge in [-0.3, -0.25) is 9.48 Å². The van der Waals surface area contributed by atoms with Crippen molar-refractivity contribution in [3.8, 4) is 0 Å². The molecule has 3 heterocycles. The van der Waals surface area contributed by atoms with E-state index in [1.807, 2.05) is 49.3 Å². The Balaban J connectivity index is 1.70. The molecule has 1 saturated heterocycles. The summed E-state index contributed by atoms with van der Waals surface area (Å²) in [7, 11) is 1.84. The van der Waals surface area contributed by atoms with Crippen LogP contribution in [0.3, 0.4) is 0 Å². The maximum absolute atomic E-state index is 13.1. The highest BCUT2D eigenvalue weighted by Gasteiger charge is 2.32. The van der Waals surface area contributed by atoms with Gasteiger partial charge in [-0.05, 0) is 38.3 Å². The van der Waals surface area contributed by atoms with E-state index in [1.54, 1.807) is 4.68 Å². The molecule has 0 saturated carbocycles. The lowest BCUT2D eigenvalue weighted by molar-refractivity contribution is 0.0600. The van der Waals surface area contributed by atoms with Crippen LogP contribution < -0.4 is 0 Å². The minimum Gasteiger partial charge on any atom is -0.340 e. The maximum atomic E-state index is 13.1. The smallest absolute Gasteiger partial charge is 0.257 e. The van der Waals surface area contributed by atoms with Gasteiger partial charge in [-0.15, -0.1) is 0 Å². The zero-order valence-electron chi connectivity index (χ0n) is 14.0. The molecule has 1 amide bonds. The lowest BCUT2D eigenvalue weighted by Crippen LogP contribution is -2.39. The van der Waals surface area contributed by atoms with Crippen molar-refractivity contribution in [2.24, 2.45) is 7.05 Å². The van der Waals surface area contributed by atoms with E-state index in [1.165, 1.54) is 0 Å². The summed E-state index contributed by atoms with van der Waals surface area (Å²) in [6.07, 6.45) is 4.88. The molecule has 1 aliphatic rings. The lowest BCUT2D eigenvalue weighted by Gasteiger charge is -2.34. The first-order valence-electron chi connectivity index (χ1n) is 8.39. The Morgan fingerprint density at radius 1 is 1.29 bits per heavy atom. The van der Waals surface area contributed by atoms with Crippen molar-refractivity contribution < 1.29 is 4.79 Å². The third-order valence-electron chi connectivity index (χ3n) is 4.73. The molecule has 0 unspecified atom stereocenters. The molecule has 3 aromatic rings. The molecule has 1 N–H and O–H groups in total. The number of hydrogen-bond donors (Lipinski definition) is 1. The van der Waals surface area contributed by atoms with Gasteiger partial charge in [0.1, 0.15) is 5.82 Å². The molecule has 4 rings (SSSR count). The SMILES string of the molecule is Cc1nn(C)cc1C(=O)N1CCCC[C@@H]1c1nc2ccccc2[nH]1. The largest absolute Gasteiger partial charge is 0.340 e. The minimum atomic E-state index is -0.00161. The Kier molecular flexibility index (Phi) is 3.59. The Morgan fingerprint density at radius 3 is 2.88 bits per heavy atom. The van der Waals surface area contributed by atoms with E-state index >= 15 is 0 Å². The number of fused-ring (bicyclic) bond motifs is 1. The van der Waals surface area contributed by atoms with E-state index in [0.29, 0.717) is 5.56 Å². The average molecular weight is 323 g/mol. The molecular formula is C18H21N5O. The molecule has 0 spiro atoms. The summed E-state index contributed by atoms with van der Waals surface area (Å²) >= 11 is 0. The molecule has 6 nitrogen and oxygen atoms in total. The van der Waals surface area contributed by atoms with Gasteiger partial charge in [0.15, 0.2) is 0 Å². The molecule has 124 valence electrons. The first kappa shape index (κ1) is 14.9. The van der Waals surface area contributed by atoms with Gasteiger partial charge in [0.05, 0.1) is 28.3 Å². The van der Waals surface area contributed by atoms with Crippen LogP contribution >= 0.6 is 0 Å². The molecule has 1 atom stereocenters. The first-order valence-corrected chi connectivity index (χ1v) is 8.39. The number of aryl methyl sites for hydroxylation is 2. The minimum absolute atomic E-state index is 0.00161. The second-order valence-electron chi connectivity index (χ2n) is 6.45. The summed E-state index contributed by atoms with van der Waals surface area (Å²) in [4.78, 5) is 23.1. The average Bonchev–Trinajstić information content (AvgIpc) is 3.17. The molecule has 0 aliphatic carbocycles. The van der Waals surface area contributed by atoms with E-state index in [2.05, 4.69) is 10.1 Å². The Hall–Kier alpha value is -2.63. The van der Waals surface area contributed by atoms with Crippen LogP contribution in [-0.2, 0) is 7.05 Å². The number of aromatic nitrogens is 4. The van der Waals surface area contributed by atoms with Crippen molar-refractivity contribution in [2.75, 3.05) is 6.54 Å². The van der Waals surface area contributed by atoms with Crippen molar-refractivity contribution in [1.29, 1.82) is 0 Å². The standard InChI is InChI=1S/C18H21N5O/c1-12-13(11-22(2)21-12)18(24)23-10-6-5-9-16(23)17-19-14-7-3-4-8-15(14)20-17/h3-4,7-8,11,16H,5-6,9-10H2,1-2H3,(H,19,20)/t16-/m1/s1. The van der Waals surface area contributed by atoms with Crippen LogP contribution in [0.2, 0.25) is 0 Å². The molecule has 0 radical (unpaired) electrons. The summed E-state index contributed by atoms with van der Waals surface area (Å²) in [5.41, 5.74) is 3.42. The van der Waals surface area contributed by atoms with Crippen LogP contribution in [-0.4, -0.2) is 37.1 Å². The van der Waals surface area contributed by atoms with E-state index in [4.69, 9.17) is 4.98 Å². The van der Waals surface area contributed by atoms with Gasteiger partial charge in [-0.2, -0.15) is 5.10 Å². The summed E-state index contributed by atoms with van der Waals surface area (Å²) in [5, 5.41) is 4.31. The van der Waals surface area contributed by atoms with Crippen LogP contribution in [0, 0.1) is 6.92 Å². The number of para-hydroxylation sites is 2. The monoisotopic (exact) mass is 323 g/mol. The Bertz CT molecular complexity index is 861. The van der Waals surface area contributed by atoms with E-state index < -0.39 is 0 Å². The first-order chi connectivity index (χ1) is 11.6. The van der Waals surface area contributed by atoms with Crippen molar-refractivity contribution in [3.63, 3.8) is 0 Å². The predicted molar refractivity (Wildman–Crippen MR) is 91.7 cm³/mol. The Labute approximate surface area is 140 Å². The number of likely N-dealkylation sites (tertiary alicyclic amines) is 1. The zero-order chi connectivity index (χ0) is 16.7. The Morgan fingerprint density at radius 2 is 2.12 bits per heavy atom. The summed E-state index contributed by atoms with van der Waals surface area (Å²) in [6, 6.07) is 7.99. The number of amides is 1. The fraction of sp³-hybridized carbons (Fsp3) is 0.389. The normalized spacial score (nSPS) is 18.2. The van der Waals surface area contributed by atoms with Crippen LogP contribution in [0.15, 0.2) is 30.5 Å². The number of nitrogens with zero attached hydrogens (tertiary/aromatic N) is 4. The predicted octanol–water partition coefficient (Wildman–Crippen LogP) is 2.97. The topological polar surface area (TPSA) is 66.8 Å². The summed E-state index contributed by atoms with van der Waals surface area (Å²) < 4.78 is 1.70. The number of rotatable bonds is 2. The number of H-pyrrole nitrogens is 1. The van der Waals surface area contributed by atoms with Gasteiger partial charge in [-0.1, -0.05) is 12.1 Å². The number of piperidine rings is 1. The van der Waals surface area contributed by atoms with Crippen LogP contribution in [0.1, 0.15) is 47.2 Å². The lowest BCUT2D eigenvalue weighted by atomic mass is 10.0. The van der Waals surface area contributed by atoms with Crippen LogP contribution in [0.25, 0.3) is 11.0 Å². The molecule has 24 heavy (non-hydrogen) atoms. The highest BCUT2D eigenvalue weighted by Crippen LogP contribution is 2.32.